The summed E-state index contributed by atoms with van der Waals surface area (Å²) in [6.45, 7) is 2.40. The average Bonchev–Trinajstić information content (AvgIpc) is 2.54. The van der Waals surface area contributed by atoms with Crippen molar-refractivity contribution in [2.75, 3.05) is 13.7 Å². The second-order valence-electron chi connectivity index (χ2n) is 5.20. The number of methoxy groups -OCH3 is 1. The van der Waals surface area contributed by atoms with E-state index in [0.29, 0.717) is 13.0 Å². The molecule has 0 aliphatic heterocycles. The Kier molecular flexibility index (Phi) is 5.76. The Bertz CT molecular complexity index is 790. The van der Waals surface area contributed by atoms with E-state index in [1.165, 1.54) is 12.3 Å². The number of aliphatic imine (C=N–C) groups is 1. The highest BCUT2D eigenvalue weighted by molar-refractivity contribution is 6.31. The number of nitro groups is 1. The summed E-state index contributed by atoms with van der Waals surface area (Å²) in [5.74, 6) is 0.0833. The minimum atomic E-state index is -0.747. The normalized spacial score (nSPS) is 11.0. The van der Waals surface area contributed by atoms with Gasteiger partial charge in [-0.3, -0.25) is 15.1 Å². The number of nitro benzene ring substituents is 1. The summed E-state index contributed by atoms with van der Waals surface area (Å²) in [7, 11) is 1.60. The molecule has 0 spiro atoms. The van der Waals surface area contributed by atoms with Gasteiger partial charge in [0.15, 0.2) is 0 Å². The van der Waals surface area contributed by atoms with Gasteiger partial charge in [0.05, 0.1) is 12.0 Å². The van der Waals surface area contributed by atoms with E-state index >= 15 is 0 Å². The molecule has 7 heteroatoms. The van der Waals surface area contributed by atoms with Crippen molar-refractivity contribution in [3.05, 3.63) is 62.2 Å². The number of hydrogen-bond acceptors (Lipinski definition) is 5. The second-order valence-corrected chi connectivity index (χ2v) is 5.64. The maximum absolute atomic E-state index is 12.0. The topological polar surface area (TPSA) is 87.8 Å². The molecule has 126 valence electrons. The zero-order valence-corrected chi connectivity index (χ0v) is 14.0. The smallest absolute Gasteiger partial charge is 0.263 e. The minimum Gasteiger partial charge on any atom is -0.867 e. The molecule has 0 aliphatic carbocycles. The Labute approximate surface area is 144 Å². The van der Waals surface area contributed by atoms with Crippen LogP contribution in [-0.4, -0.2) is 24.8 Å². The fourth-order valence-corrected chi connectivity index (χ4v) is 2.50. The Hall–Kier alpha value is -2.60. The monoisotopic (exact) mass is 347 g/mol. The molecule has 24 heavy (non-hydrogen) atoms. The molecule has 2 aromatic carbocycles. The molecule has 6 nitrogen and oxygen atoms in total. The Morgan fingerprint density at radius 2 is 2.08 bits per heavy atom. The lowest BCUT2D eigenvalue weighted by molar-refractivity contribution is -0.398. The van der Waals surface area contributed by atoms with Crippen LogP contribution in [0.4, 0.5) is 5.69 Å². The zero-order valence-electron chi connectivity index (χ0n) is 13.3. The summed E-state index contributed by atoms with van der Waals surface area (Å²) in [5.41, 5.74) is 1.67. The minimum absolute atomic E-state index is 0.102. The van der Waals surface area contributed by atoms with Crippen molar-refractivity contribution in [2.45, 2.75) is 13.3 Å². The molecule has 0 aliphatic rings. The average molecular weight is 348 g/mol. The van der Waals surface area contributed by atoms with Gasteiger partial charge in [0.25, 0.3) is 5.69 Å². The lowest BCUT2D eigenvalue weighted by Gasteiger charge is -2.11. The fraction of sp³-hybridized carbons (Fsp3) is 0.235. The van der Waals surface area contributed by atoms with Crippen molar-refractivity contribution in [1.29, 1.82) is 0 Å². The van der Waals surface area contributed by atoms with Gasteiger partial charge in [0, 0.05) is 23.8 Å². The number of hydrogen-bond donors (Lipinski definition) is 0. The predicted molar refractivity (Wildman–Crippen MR) is 91.4 cm³/mol. The molecule has 0 fully saturated rings. The largest absolute Gasteiger partial charge is 0.867 e. The summed E-state index contributed by atoms with van der Waals surface area (Å²) >= 11 is 5.81. The van der Waals surface area contributed by atoms with Crippen LogP contribution in [0.2, 0.25) is 5.02 Å². The van der Waals surface area contributed by atoms with E-state index in [9.17, 15) is 15.2 Å². The molecule has 2 rings (SSSR count). The van der Waals surface area contributed by atoms with Crippen LogP contribution >= 0.6 is 11.6 Å². The summed E-state index contributed by atoms with van der Waals surface area (Å²) in [4.78, 5) is 14.3. The molecule has 0 bridgehead atoms. The van der Waals surface area contributed by atoms with E-state index < -0.39 is 16.4 Å². The Balaban J connectivity index is 2.13. The quantitative estimate of drug-likeness (QED) is 0.455. The summed E-state index contributed by atoms with van der Waals surface area (Å²) < 4.78 is 5.30. The van der Waals surface area contributed by atoms with Crippen LogP contribution in [0.5, 0.6) is 11.5 Å². The van der Waals surface area contributed by atoms with E-state index in [4.69, 9.17) is 16.3 Å². The first-order chi connectivity index (χ1) is 11.4. The van der Waals surface area contributed by atoms with E-state index in [2.05, 4.69) is 4.99 Å². The van der Waals surface area contributed by atoms with Gasteiger partial charge in [-0.05, 0) is 42.4 Å². The maximum Gasteiger partial charge on any atom is 0.263 e. The van der Waals surface area contributed by atoms with Crippen molar-refractivity contribution in [2.24, 2.45) is 4.99 Å². The molecule has 0 radical (unpaired) electrons. The predicted octanol–water partition coefficient (Wildman–Crippen LogP) is 3.30. The van der Waals surface area contributed by atoms with Crippen molar-refractivity contribution >= 4 is 23.5 Å². The molecule has 0 saturated carbocycles. The number of benzene rings is 2. The molecule has 0 amide bonds. The summed E-state index contributed by atoms with van der Waals surface area (Å²) in [5, 5.41) is 22.9. The van der Waals surface area contributed by atoms with Gasteiger partial charge in [-0.15, -0.1) is 0 Å². The van der Waals surface area contributed by atoms with Crippen molar-refractivity contribution < 1.29 is 14.8 Å². The third-order valence-electron chi connectivity index (χ3n) is 3.44. The highest BCUT2D eigenvalue weighted by atomic mass is 35.5. The van der Waals surface area contributed by atoms with Crippen LogP contribution in [0.15, 0.2) is 35.3 Å². The third kappa shape index (κ3) is 4.23. The van der Waals surface area contributed by atoms with Crippen molar-refractivity contribution in [1.82, 2.24) is 0 Å². The molecule has 0 atom stereocenters. The highest BCUT2D eigenvalue weighted by Crippen LogP contribution is 2.30. The summed E-state index contributed by atoms with van der Waals surface area (Å²) in [6.07, 6.45) is 1.95. The Morgan fingerprint density at radius 1 is 1.33 bits per heavy atom. The van der Waals surface area contributed by atoms with E-state index in [-0.39, 0.29) is 10.6 Å². The van der Waals surface area contributed by atoms with Gasteiger partial charge >= 0.3 is 0 Å². The first-order valence-corrected chi connectivity index (χ1v) is 7.58. The lowest BCUT2D eigenvalue weighted by atomic mass is 10.1. The van der Waals surface area contributed by atoms with Crippen LogP contribution in [0.1, 0.15) is 16.7 Å². The number of ether oxygens (including phenoxy) is 1. The van der Waals surface area contributed by atoms with Gasteiger partial charge < -0.3 is 9.84 Å². The van der Waals surface area contributed by atoms with Crippen LogP contribution in [0, 0.1) is 17.0 Å². The first-order valence-electron chi connectivity index (χ1n) is 7.20. The molecule has 0 saturated heterocycles. The fourth-order valence-electron chi connectivity index (χ4n) is 2.28. The molecule has 0 N–H and O–H groups in total. The molecule has 0 unspecified atom stereocenters. The van der Waals surface area contributed by atoms with Crippen LogP contribution in [-0.2, 0) is 6.42 Å². The van der Waals surface area contributed by atoms with E-state index in [0.717, 1.165) is 22.9 Å². The Morgan fingerprint density at radius 3 is 2.75 bits per heavy atom. The van der Waals surface area contributed by atoms with Crippen LogP contribution in [0.3, 0.4) is 0 Å². The number of halogens is 1. The van der Waals surface area contributed by atoms with Crippen molar-refractivity contribution in [3.8, 4) is 11.5 Å². The number of rotatable bonds is 6. The second kappa shape index (κ2) is 7.79. The zero-order chi connectivity index (χ0) is 17.7. The lowest BCUT2D eigenvalue weighted by Crippen LogP contribution is -2.02. The van der Waals surface area contributed by atoms with E-state index in [1.54, 1.807) is 7.11 Å². The maximum atomic E-state index is 12.0. The highest BCUT2D eigenvalue weighted by Gasteiger charge is 2.11. The summed E-state index contributed by atoms with van der Waals surface area (Å²) in [6, 6.07) is 8.27. The third-order valence-corrected chi connectivity index (χ3v) is 3.65. The standard InChI is InChI=1S/C17H17ClN2O4/c1-11-3-4-16(24-2)12(7-11)5-6-19-10-13-8-14(18)9-15(17(13)21)20(22)23/h3-4,7-10,21H,5-6H2,1-2H3/p-1. The SMILES string of the molecule is COc1ccc(C)cc1CCN=Cc1cc(Cl)cc([N+](=O)[O-])c1[O-]. The van der Waals surface area contributed by atoms with Crippen molar-refractivity contribution in [3.63, 3.8) is 0 Å². The molecule has 2 aromatic rings. The van der Waals surface area contributed by atoms with Gasteiger partial charge in [-0.25, -0.2) is 0 Å². The number of aryl methyl sites for hydroxylation is 1. The molecular weight excluding hydrogens is 332 g/mol. The first kappa shape index (κ1) is 17.7. The molecule has 0 heterocycles. The number of nitrogens with zero attached hydrogens (tertiary/aromatic N) is 2. The van der Waals surface area contributed by atoms with Crippen LogP contribution in [0.25, 0.3) is 0 Å². The van der Waals surface area contributed by atoms with Gasteiger partial charge in [0.2, 0.25) is 0 Å². The molecular formula is C17H16ClN2O4-. The van der Waals surface area contributed by atoms with E-state index in [1.807, 2.05) is 25.1 Å². The van der Waals surface area contributed by atoms with Gasteiger partial charge in [0.1, 0.15) is 5.75 Å². The molecule has 0 aromatic heterocycles. The van der Waals surface area contributed by atoms with Gasteiger partial charge in [-0.2, -0.15) is 0 Å². The van der Waals surface area contributed by atoms with Gasteiger partial charge in [-0.1, -0.05) is 29.3 Å². The van der Waals surface area contributed by atoms with Crippen LogP contribution < -0.4 is 9.84 Å².